The minimum absolute atomic E-state index is 0.0383. The average molecular weight is 580 g/mol. The molecular weight excluding hydrogens is 542 g/mol. The van der Waals surface area contributed by atoms with E-state index in [1.54, 1.807) is 18.2 Å². The molecular formula is C31H37N3O6S. The lowest BCUT2D eigenvalue weighted by atomic mass is 10.0. The first kappa shape index (κ1) is 29.9. The minimum atomic E-state index is -3.87. The van der Waals surface area contributed by atoms with Gasteiger partial charge in [0.15, 0.2) is 11.5 Å². The molecule has 41 heavy (non-hydrogen) atoms. The van der Waals surface area contributed by atoms with E-state index in [4.69, 9.17) is 9.47 Å². The number of rotatable bonds is 13. The Hall–Kier alpha value is -4.05. The zero-order valence-electron chi connectivity index (χ0n) is 23.7. The number of sulfonamides is 1. The molecule has 1 aliphatic heterocycles. The van der Waals surface area contributed by atoms with Crippen LogP contribution in [0.5, 0.6) is 11.5 Å². The highest BCUT2D eigenvalue weighted by Crippen LogP contribution is 2.36. The maximum atomic E-state index is 14.2. The number of carbonyl (C=O) groups is 2. The lowest BCUT2D eigenvalue weighted by Gasteiger charge is -2.33. The molecule has 0 radical (unpaired) electrons. The fourth-order valence-electron chi connectivity index (χ4n) is 4.57. The highest BCUT2D eigenvalue weighted by molar-refractivity contribution is 7.92. The first-order chi connectivity index (χ1) is 19.7. The number of aryl methyl sites for hydroxylation is 1. The van der Waals surface area contributed by atoms with Crippen LogP contribution in [0.4, 0.5) is 5.69 Å². The first-order valence-corrected chi connectivity index (χ1v) is 15.4. The Balaban J connectivity index is 1.73. The van der Waals surface area contributed by atoms with Crippen molar-refractivity contribution in [1.82, 2.24) is 10.2 Å². The number of fused-ring (bicyclic) bond motifs is 1. The van der Waals surface area contributed by atoms with Crippen LogP contribution in [0.2, 0.25) is 0 Å². The smallest absolute Gasteiger partial charge is 0.244 e. The number of hydrogen-bond donors (Lipinski definition) is 1. The van der Waals surface area contributed by atoms with Gasteiger partial charge in [-0.1, -0.05) is 67.1 Å². The standard InChI is InChI=1S/C31H37N3O6S/c1-4-17-32-31(36)27(18-24-9-7-6-8-10-24)33(20-25-13-11-23(3)12-14-25)30(35)21-34(41(37,38)5-2)26-15-16-28-29(19-26)40-22-39-28/h6-16,19,27H,4-5,17-18,20-22H2,1-3H3,(H,32,36). The summed E-state index contributed by atoms with van der Waals surface area (Å²) in [5, 5.41) is 2.94. The van der Waals surface area contributed by atoms with Gasteiger partial charge in [0.2, 0.25) is 28.6 Å². The van der Waals surface area contributed by atoms with Crippen molar-refractivity contribution < 1.29 is 27.5 Å². The van der Waals surface area contributed by atoms with Gasteiger partial charge in [-0.05, 0) is 43.5 Å². The van der Waals surface area contributed by atoms with Gasteiger partial charge in [0.1, 0.15) is 12.6 Å². The van der Waals surface area contributed by atoms with E-state index in [2.05, 4.69) is 5.32 Å². The molecule has 0 saturated heterocycles. The molecule has 1 N–H and O–H groups in total. The number of ether oxygens (including phenoxy) is 2. The summed E-state index contributed by atoms with van der Waals surface area (Å²) in [6, 6.07) is 21.1. The number of amides is 2. The second kappa shape index (κ2) is 13.5. The molecule has 1 atom stereocenters. The molecule has 3 aromatic rings. The van der Waals surface area contributed by atoms with Crippen molar-refractivity contribution in [3.8, 4) is 11.5 Å². The third-order valence-electron chi connectivity index (χ3n) is 6.92. The van der Waals surface area contributed by atoms with Crippen LogP contribution in [-0.2, 0) is 32.6 Å². The summed E-state index contributed by atoms with van der Waals surface area (Å²) in [4.78, 5) is 29.2. The van der Waals surface area contributed by atoms with Gasteiger partial charge in [-0.2, -0.15) is 0 Å². The number of nitrogens with zero attached hydrogens (tertiary/aromatic N) is 2. The number of carbonyl (C=O) groups excluding carboxylic acids is 2. The minimum Gasteiger partial charge on any atom is -0.454 e. The van der Waals surface area contributed by atoms with E-state index in [0.29, 0.717) is 18.0 Å². The second-order valence-electron chi connectivity index (χ2n) is 9.95. The van der Waals surface area contributed by atoms with Crippen molar-refractivity contribution in [3.63, 3.8) is 0 Å². The highest BCUT2D eigenvalue weighted by Gasteiger charge is 2.34. The van der Waals surface area contributed by atoms with E-state index in [1.165, 1.54) is 11.8 Å². The topological polar surface area (TPSA) is 105 Å². The SMILES string of the molecule is CCCNC(=O)C(Cc1ccccc1)N(Cc1ccc(C)cc1)C(=O)CN(c1ccc2c(c1)OCO2)S(=O)(=O)CC. The molecule has 1 unspecified atom stereocenters. The average Bonchev–Trinajstić information content (AvgIpc) is 3.46. The fraction of sp³-hybridized carbons (Fsp3) is 0.355. The molecule has 0 spiro atoms. The molecule has 1 heterocycles. The molecule has 0 aromatic heterocycles. The van der Waals surface area contributed by atoms with Crippen LogP contribution in [-0.4, -0.2) is 56.8 Å². The van der Waals surface area contributed by atoms with Crippen LogP contribution in [0, 0.1) is 6.92 Å². The molecule has 0 aliphatic carbocycles. The summed E-state index contributed by atoms with van der Waals surface area (Å²) in [6.45, 7) is 5.62. The maximum Gasteiger partial charge on any atom is 0.244 e. The Kier molecular flexibility index (Phi) is 9.88. The molecule has 2 amide bonds. The van der Waals surface area contributed by atoms with Crippen LogP contribution in [0.25, 0.3) is 0 Å². The van der Waals surface area contributed by atoms with E-state index in [0.717, 1.165) is 27.4 Å². The zero-order valence-corrected chi connectivity index (χ0v) is 24.5. The van der Waals surface area contributed by atoms with Gasteiger partial charge in [-0.15, -0.1) is 0 Å². The van der Waals surface area contributed by atoms with E-state index in [-0.39, 0.29) is 37.1 Å². The van der Waals surface area contributed by atoms with Gasteiger partial charge in [0, 0.05) is 25.6 Å². The third-order valence-corrected chi connectivity index (χ3v) is 8.66. The van der Waals surface area contributed by atoms with Crippen LogP contribution in [0.1, 0.15) is 37.0 Å². The number of nitrogens with one attached hydrogen (secondary N) is 1. The Morgan fingerprint density at radius 1 is 0.927 bits per heavy atom. The van der Waals surface area contributed by atoms with Crippen molar-refractivity contribution in [2.24, 2.45) is 0 Å². The predicted molar refractivity (Wildman–Crippen MR) is 158 cm³/mol. The molecule has 0 saturated carbocycles. The molecule has 218 valence electrons. The van der Waals surface area contributed by atoms with Crippen molar-refractivity contribution >= 4 is 27.5 Å². The zero-order chi connectivity index (χ0) is 29.4. The highest BCUT2D eigenvalue weighted by atomic mass is 32.2. The fourth-order valence-corrected chi connectivity index (χ4v) is 5.62. The molecule has 10 heteroatoms. The van der Waals surface area contributed by atoms with Crippen LogP contribution in [0.3, 0.4) is 0 Å². The first-order valence-electron chi connectivity index (χ1n) is 13.8. The normalized spacial score (nSPS) is 13.0. The number of hydrogen-bond acceptors (Lipinski definition) is 6. The lowest BCUT2D eigenvalue weighted by molar-refractivity contribution is -0.140. The Morgan fingerprint density at radius 2 is 1.63 bits per heavy atom. The molecule has 4 rings (SSSR count). The van der Waals surface area contributed by atoms with E-state index < -0.39 is 28.5 Å². The second-order valence-corrected chi connectivity index (χ2v) is 12.1. The maximum absolute atomic E-state index is 14.2. The van der Waals surface area contributed by atoms with Gasteiger partial charge < -0.3 is 19.7 Å². The van der Waals surface area contributed by atoms with E-state index in [1.807, 2.05) is 68.4 Å². The molecule has 9 nitrogen and oxygen atoms in total. The van der Waals surface area contributed by atoms with Gasteiger partial charge in [0.25, 0.3) is 0 Å². The quantitative estimate of drug-likeness (QED) is 0.328. The summed E-state index contributed by atoms with van der Waals surface area (Å²) < 4.78 is 38.5. The van der Waals surface area contributed by atoms with Crippen LogP contribution in [0.15, 0.2) is 72.8 Å². The van der Waals surface area contributed by atoms with Gasteiger partial charge in [-0.25, -0.2) is 8.42 Å². The molecule has 1 aliphatic rings. The summed E-state index contributed by atoms with van der Waals surface area (Å²) >= 11 is 0. The van der Waals surface area contributed by atoms with Crippen molar-refractivity contribution in [3.05, 3.63) is 89.5 Å². The van der Waals surface area contributed by atoms with Gasteiger partial charge >= 0.3 is 0 Å². The van der Waals surface area contributed by atoms with Crippen LogP contribution < -0.4 is 19.1 Å². The largest absolute Gasteiger partial charge is 0.454 e. The third kappa shape index (κ3) is 7.58. The summed E-state index contributed by atoms with van der Waals surface area (Å²) in [5.41, 5.74) is 3.07. The summed E-state index contributed by atoms with van der Waals surface area (Å²) in [7, 11) is -3.87. The van der Waals surface area contributed by atoms with Gasteiger partial charge in [-0.3, -0.25) is 13.9 Å². The van der Waals surface area contributed by atoms with Crippen molar-refractivity contribution in [2.45, 2.75) is 46.2 Å². The van der Waals surface area contributed by atoms with Crippen molar-refractivity contribution in [2.75, 3.05) is 29.9 Å². The number of benzene rings is 3. The monoisotopic (exact) mass is 579 g/mol. The number of anilines is 1. The Labute approximate surface area is 242 Å². The predicted octanol–water partition coefficient (Wildman–Crippen LogP) is 4.05. The van der Waals surface area contributed by atoms with E-state index >= 15 is 0 Å². The Morgan fingerprint density at radius 3 is 2.32 bits per heavy atom. The van der Waals surface area contributed by atoms with Crippen molar-refractivity contribution in [1.29, 1.82) is 0 Å². The van der Waals surface area contributed by atoms with Crippen LogP contribution >= 0.6 is 0 Å². The molecule has 0 bridgehead atoms. The summed E-state index contributed by atoms with van der Waals surface area (Å²) in [6.07, 6.45) is 1.01. The summed E-state index contributed by atoms with van der Waals surface area (Å²) in [5.74, 6) is -0.0806. The van der Waals surface area contributed by atoms with Gasteiger partial charge in [0.05, 0.1) is 11.4 Å². The lowest BCUT2D eigenvalue weighted by Crippen LogP contribution is -2.53. The Bertz CT molecular complexity index is 1440. The molecule has 3 aromatic carbocycles. The molecule has 0 fully saturated rings. The van der Waals surface area contributed by atoms with E-state index in [9.17, 15) is 18.0 Å².